The second-order valence-electron chi connectivity index (χ2n) is 40.8. The van der Waals surface area contributed by atoms with Crippen molar-refractivity contribution < 1.29 is 28.5 Å². The molecule has 109 heavy (non-hydrogen) atoms. The van der Waals surface area contributed by atoms with Crippen LogP contribution in [0.2, 0.25) is 0 Å². The molecule has 0 aliphatic carbocycles. The van der Waals surface area contributed by atoms with Crippen LogP contribution in [-0.4, -0.2) is 268 Å². The molecule has 15 heteroatoms. The van der Waals surface area contributed by atoms with Gasteiger partial charge in [0.05, 0.1) is 41.2 Å². The molecule has 650 valence electrons. The molecule has 8 saturated heterocycles. The summed E-state index contributed by atoms with van der Waals surface area (Å²) in [4.78, 5) is 43.9. The fourth-order valence-corrected chi connectivity index (χ4v) is 16.1. The molecule has 0 bridgehead atoms. The highest BCUT2D eigenvalue weighted by Crippen LogP contribution is 2.31. The maximum absolute atomic E-state index is 11.1. The van der Waals surface area contributed by atoms with Crippen LogP contribution in [0.25, 0.3) is 0 Å². The van der Waals surface area contributed by atoms with Gasteiger partial charge in [0.2, 0.25) is 11.8 Å². The van der Waals surface area contributed by atoms with Crippen molar-refractivity contribution in [1.29, 1.82) is 0 Å². The van der Waals surface area contributed by atoms with Crippen molar-refractivity contribution in [3.05, 3.63) is 0 Å². The number of carbonyl (C=O) groups is 2. The Morgan fingerprint density at radius 2 is 0.560 bits per heavy atom. The quantitative estimate of drug-likeness (QED) is 0.0918. The van der Waals surface area contributed by atoms with Crippen LogP contribution in [-0.2, 0) is 28.5 Å². The Morgan fingerprint density at radius 3 is 0.807 bits per heavy atom. The van der Waals surface area contributed by atoms with E-state index in [0.29, 0.717) is 35.2 Å². The standard InChI is InChI=1S/C14H29N.C13H27N.C12H23NO.2C12H25NO.C11H24N2.C11H21NO2.C9H19NO/c1-5-10-15-11-7-13(8-12-15)6-9-14(2,3)4;1-4-9-14-10-7-13(8-11-14)6-5-12(2)3;1-10(2)4-5-12-6-8-13(9-7-12)11(3)14;2*1-5-8-13-9-6-11(7-10-13)14-12(2,3)4;1-11(2,3)5-6-13-9-7-12(4)8-10-13;1-9(13)12-7-5-10(6-8-12)14-11(2,3)4;1-3-6-10-7-4-9(11-2)5-8-10/h13H,5-12H2,1-4H3;12-13H,4-11H2,1-3H3;10,12H,4-9H2,1-3H3;2*11H,5-10H2,1-4H3;5-10H2,1-4H3;10H,5-8H2,1-4H3;9H,3-8H2,1-2H3. The Kier molecular flexibility index (Phi) is 56.5. The zero-order valence-corrected chi connectivity index (χ0v) is 78.5. The van der Waals surface area contributed by atoms with Crippen LogP contribution in [0, 0.1) is 40.4 Å². The lowest BCUT2D eigenvalue weighted by atomic mass is 9.83. The molecule has 0 aromatic carbocycles. The summed E-state index contributed by atoms with van der Waals surface area (Å²) >= 11 is 0. The highest BCUT2D eigenvalue weighted by molar-refractivity contribution is 5.73. The number of ether oxygens (including phenoxy) is 4. The van der Waals surface area contributed by atoms with Crippen molar-refractivity contribution in [3.8, 4) is 0 Å². The number of nitrogens with zero attached hydrogens (tertiary/aromatic N) is 9. The lowest BCUT2D eigenvalue weighted by Crippen LogP contribution is -2.45. The second kappa shape index (κ2) is 58.4. The van der Waals surface area contributed by atoms with Gasteiger partial charge >= 0.3 is 0 Å². The Labute approximate surface area is 680 Å². The molecule has 15 nitrogen and oxygen atoms in total. The van der Waals surface area contributed by atoms with E-state index in [1.54, 1.807) is 13.8 Å². The zero-order valence-electron chi connectivity index (χ0n) is 78.5. The zero-order chi connectivity index (χ0) is 82.2. The lowest BCUT2D eigenvalue weighted by Gasteiger charge is -2.35. The number of likely N-dealkylation sites (N-methyl/N-ethyl adjacent to an activating group) is 1. The van der Waals surface area contributed by atoms with E-state index in [0.717, 1.165) is 68.6 Å². The average molecular weight is 1550 g/mol. The summed E-state index contributed by atoms with van der Waals surface area (Å²) in [5, 5.41) is 0. The van der Waals surface area contributed by atoms with Crippen LogP contribution < -0.4 is 0 Å². The third kappa shape index (κ3) is 58.9. The SMILES string of the molecule is CC(=O)N1CCC(CCC(C)C)CC1.CC(=O)N1CCC(OC(C)(C)C)CC1.CCCN1CCC(CCC(C)(C)C)CC1.CCCN1CCC(CCC(C)C)CC1.CCCN1CCC(OC(C)(C)C)CC1.CCCN1CCC(OC(C)(C)C)CC1.CCCN1CCC(OC)CC1.CN1CCN(CCC(C)(C)C)CC1. The molecule has 8 aliphatic rings. The number of hydrogen-bond acceptors (Lipinski definition) is 13. The maximum atomic E-state index is 11.1. The molecular formula is C94H193N9O6. The van der Waals surface area contributed by atoms with Gasteiger partial charge in [-0.15, -0.1) is 0 Å². The van der Waals surface area contributed by atoms with Crippen molar-refractivity contribution in [2.75, 3.05) is 171 Å². The molecule has 0 aromatic heterocycles. The molecule has 0 atom stereocenters. The van der Waals surface area contributed by atoms with E-state index in [2.05, 4.69) is 208 Å². The average Bonchev–Trinajstić information content (AvgIpc) is 0.906. The van der Waals surface area contributed by atoms with Gasteiger partial charge < -0.3 is 63.0 Å². The number of piperidine rings is 7. The minimum atomic E-state index is -0.0664. The van der Waals surface area contributed by atoms with E-state index in [-0.39, 0.29) is 28.6 Å². The van der Waals surface area contributed by atoms with Crippen LogP contribution in [0.3, 0.4) is 0 Å². The molecule has 0 radical (unpaired) electrons. The van der Waals surface area contributed by atoms with Gasteiger partial charge in [-0.3, -0.25) is 9.59 Å². The van der Waals surface area contributed by atoms with E-state index in [1.807, 2.05) is 16.9 Å². The van der Waals surface area contributed by atoms with E-state index in [9.17, 15) is 9.59 Å². The molecule has 2 amide bonds. The monoisotopic (exact) mass is 1540 g/mol. The van der Waals surface area contributed by atoms with Gasteiger partial charge in [0.15, 0.2) is 0 Å². The summed E-state index contributed by atoms with van der Waals surface area (Å²) in [6.07, 6.45) is 35.4. The van der Waals surface area contributed by atoms with E-state index in [4.69, 9.17) is 18.9 Å². The molecule has 8 rings (SSSR count). The van der Waals surface area contributed by atoms with Crippen molar-refractivity contribution in [2.45, 2.75) is 388 Å². The predicted molar refractivity (Wildman–Crippen MR) is 473 cm³/mol. The number of piperazine rings is 1. The van der Waals surface area contributed by atoms with Gasteiger partial charge in [-0.25, -0.2) is 0 Å². The van der Waals surface area contributed by atoms with E-state index < -0.39 is 0 Å². The molecular weight excluding hydrogens is 1350 g/mol. The van der Waals surface area contributed by atoms with Crippen LogP contribution in [0.15, 0.2) is 0 Å². The first-order valence-electron chi connectivity index (χ1n) is 46.2. The van der Waals surface area contributed by atoms with Gasteiger partial charge in [0.1, 0.15) is 0 Å². The molecule has 8 aliphatic heterocycles. The van der Waals surface area contributed by atoms with Gasteiger partial charge in [0.25, 0.3) is 0 Å². The Balaban J connectivity index is 0.000000624. The van der Waals surface area contributed by atoms with Crippen LogP contribution in [0.5, 0.6) is 0 Å². The predicted octanol–water partition coefficient (Wildman–Crippen LogP) is 20.5. The minimum absolute atomic E-state index is 0.0254. The Hall–Kier alpha value is -1.50. The number of methoxy groups -OCH3 is 1. The Bertz CT molecular complexity index is 2080. The van der Waals surface area contributed by atoms with Gasteiger partial charge in [-0.05, 0) is 316 Å². The third-order valence-electron chi connectivity index (χ3n) is 22.9. The number of hydrogen-bond donors (Lipinski definition) is 0. The number of likely N-dealkylation sites (tertiary alicyclic amines) is 7. The minimum Gasteiger partial charge on any atom is -0.381 e. The van der Waals surface area contributed by atoms with E-state index >= 15 is 0 Å². The molecule has 0 unspecified atom stereocenters. The van der Waals surface area contributed by atoms with Crippen LogP contribution in [0.4, 0.5) is 0 Å². The molecule has 0 N–H and O–H groups in total. The summed E-state index contributed by atoms with van der Waals surface area (Å²) in [6, 6.07) is 0. The van der Waals surface area contributed by atoms with Crippen molar-refractivity contribution >= 4 is 11.8 Å². The first-order chi connectivity index (χ1) is 51.1. The summed E-state index contributed by atoms with van der Waals surface area (Å²) in [6.45, 7) is 86.0. The highest BCUT2D eigenvalue weighted by Gasteiger charge is 2.29. The van der Waals surface area contributed by atoms with Gasteiger partial charge in [-0.2, -0.15) is 0 Å². The fourth-order valence-electron chi connectivity index (χ4n) is 16.1. The summed E-state index contributed by atoms with van der Waals surface area (Å²) in [7, 11) is 4.03. The number of carbonyl (C=O) groups excluding carboxylic acids is 2. The van der Waals surface area contributed by atoms with Crippen LogP contribution >= 0.6 is 0 Å². The highest BCUT2D eigenvalue weighted by atomic mass is 16.5. The van der Waals surface area contributed by atoms with Gasteiger partial charge in [-0.1, -0.05) is 130 Å². The van der Waals surface area contributed by atoms with Crippen molar-refractivity contribution in [3.63, 3.8) is 0 Å². The first-order valence-corrected chi connectivity index (χ1v) is 46.2. The largest absolute Gasteiger partial charge is 0.381 e. The normalized spacial score (nSPS) is 20.9. The first kappa shape index (κ1) is 106. The lowest BCUT2D eigenvalue weighted by molar-refractivity contribution is -0.134. The van der Waals surface area contributed by atoms with Crippen molar-refractivity contribution in [2.24, 2.45) is 40.4 Å². The second-order valence-corrected chi connectivity index (χ2v) is 40.8. The van der Waals surface area contributed by atoms with Crippen LogP contribution in [0.1, 0.15) is 347 Å². The number of amides is 2. The number of rotatable bonds is 24. The summed E-state index contributed by atoms with van der Waals surface area (Å²) < 4.78 is 23.1. The molecule has 0 spiro atoms. The smallest absolute Gasteiger partial charge is 0.219 e. The van der Waals surface area contributed by atoms with E-state index in [1.165, 1.54) is 285 Å². The molecule has 0 saturated carbocycles. The molecule has 8 heterocycles. The fraction of sp³-hybridized carbons (Fsp3) is 0.979. The van der Waals surface area contributed by atoms with Crippen molar-refractivity contribution in [1.82, 2.24) is 44.1 Å². The topological polar surface area (TPSA) is 100 Å². The molecule has 0 aromatic rings. The third-order valence-corrected chi connectivity index (χ3v) is 22.9. The molecule has 8 fully saturated rings. The maximum Gasteiger partial charge on any atom is 0.219 e. The summed E-state index contributed by atoms with van der Waals surface area (Å²) in [5.41, 5.74) is 1.00. The van der Waals surface area contributed by atoms with Gasteiger partial charge in [0, 0.05) is 113 Å². The summed E-state index contributed by atoms with van der Waals surface area (Å²) in [5.74, 6) is 5.05. The Morgan fingerprint density at radius 1 is 0.321 bits per heavy atom.